The molecule has 3 heteroatoms. The van der Waals surface area contributed by atoms with Gasteiger partial charge in [0, 0.05) is 16.9 Å². The second kappa shape index (κ2) is 5.19. The van der Waals surface area contributed by atoms with Gasteiger partial charge in [0.05, 0.1) is 6.61 Å². The average molecular weight is 284 g/mol. The van der Waals surface area contributed by atoms with Crippen LogP contribution < -0.4 is 10.1 Å². The fourth-order valence-electron chi connectivity index (χ4n) is 2.05. The van der Waals surface area contributed by atoms with Crippen molar-refractivity contribution in [2.24, 2.45) is 0 Å². The molecule has 16 heavy (non-hydrogen) atoms. The Labute approximate surface area is 106 Å². The van der Waals surface area contributed by atoms with Crippen molar-refractivity contribution >= 4 is 15.9 Å². The first-order valence-electron chi connectivity index (χ1n) is 5.82. The van der Waals surface area contributed by atoms with E-state index in [1.165, 1.54) is 15.6 Å². The van der Waals surface area contributed by atoms with Crippen LogP contribution in [-0.4, -0.2) is 19.7 Å². The van der Waals surface area contributed by atoms with E-state index in [0.717, 1.165) is 31.6 Å². The van der Waals surface area contributed by atoms with E-state index in [9.17, 15) is 0 Å². The Kier molecular flexibility index (Phi) is 3.87. The van der Waals surface area contributed by atoms with Crippen LogP contribution in [0.4, 0.5) is 0 Å². The molecule has 0 radical (unpaired) electrons. The van der Waals surface area contributed by atoms with Gasteiger partial charge in [0.25, 0.3) is 0 Å². The van der Waals surface area contributed by atoms with Gasteiger partial charge in [-0.2, -0.15) is 0 Å². The van der Waals surface area contributed by atoms with Crippen molar-refractivity contribution in [3.05, 3.63) is 27.7 Å². The van der Waals surface area contributed by atoms with Crippen LogP contribution in [0, 0.1) is 0 Å². The maximum absolute atomic E-state index is 5.71. The van der Waals surface area contributed by atoms with Crippen molar-refractivity contribution in [3.8, 4) is 5.75 Å². The molecule has 2 nitrogen and oxygen atoms in total. The monoisotopic (exact) mass is 283 g/mol. The molecular weight excluding hydrogens is 266 g/mol. The van der Waals surface area contributed by atoms with Crippen molar-refractivity contribution < 1.29 is 4.74 Å². The molecular formula is C13H18BrNO. The summed E-state index contributed by atoms with van der Waals surface area (Å²) in [6.45, 7) is 3.04. The first-order chi connectivity index (χ1) is 7.70. The van der Waals surface area contributed by atoms with Crippen LogP contribution in [0.3, 0.4) is 0 Å². The molecule has 2 rings (SSSR count). The van der Waals surface area contributed by atoms with Crippen LogP contribution in [0.1, 0.15) is 24.5 Å². The van der Waals surface area contributed by atoms with Crippen molar-refractivity contribution in [2.45, 2.75) is 32.2 Å². The molecule has 0 fully saturated rings. The molecule has 1 aromatic carbocycles. The maximum atomic E-state index is 5.71. The molecule has 0 saturated heterocycles. The van der Waals surface area contributed by atoms with Gasteiger partial charge >= 0.3 is 0 Å². The first-order valence-corrected chi connectivity index (χ1v) is 6.61. The standard InChI is InChI=1S/C13H18BrNO/c1-9(15-2)3-4-10-7-12(14)8-11-5-6-16-13(10)11/h7-9,15H,3-6H2,1-2H3. The summed E-state index contributed by atoms with van der Waals surface area (Å²) in [5, 5.41) is 3.26. The summed E-state index contributed by atoms with van der Waals surface area (Å²) >= 11 is 3.57. The number of hydrogen-bond acceptors (Lipinski definition) is 2. The molecule has 1 heterocycles. The van der Waals surface area contributed by atoms with E-state index < -0.39 is 0 Å². The number of fused-ring (bicyclic) bond motifs is 1. The topological polar surface area (TPSA) is 21.3 Å². The predicted octanol–water partition coefficient (Wildman–Crippen LogP) is 2.92. The Hall–Kier alpha value is -0.540. The highest BCUT2D eigenvalue weighted by Gasteiger charge is 2.17. The van der Waals surface area contributed by atoms with Gasteiger partial charge in [-0.15, -0.1) is 0 Å². The summed E-state index contributed by atoms with van der Waals surface area (Å²) in [6.07, 6.45) is 3.26. The fourth-order valence-corrected chi connectivity index (χ4v) is 2.60. The third kappa shape index (κ3) is 2.58. The Morgan fingerprint density at radius 3 is 3.06 bits per heavy atom. The molecule has 0 spiro atoms. The molecule has 1 aliphatic rings. The number of hydrogen-bond donors (Lipinski definition) is 1. The SMILES string of the molecule is CNC(C)CCc1cc(Br)cc2c1OCC2. The van der Waals surface area contributed by atoms with Gasteiger partial charge in [-0.05, 0) is 50.1 Å². The third-order valence-corrected chi connectivity index (χ3v) is 3.62. The van der Waals surface area contributed by atoms with E-state index in [1.807, 2.05) is 7.05 Å². The zero-order valence-corrected chi connectivity index (χ0v) is 11.4. The van der Waals surface area contributed by atoms with Gasteiger partial charge in [-0.25, -0.2) is 0 Å². The number of benzene rings is 1. The molecule has 88 valence electrons. The third-order valence-electron chi connectivity index (χ3n) is 3.16. The molecule has 0 aliphatic carbocycles. The van der Waals surface area contributed by atoms with Crippen LogP contribution in [0.25, 0.3) is 0 Å². The molecule has 1 atom stereocenters. The summed E-state index contributed by atoms with van der Waals surface area (Å²) in [7, 11) is 2.01. The summed E-state index contributed by atoms with van der Waals surface area (Å²) < 4.78 is 6.88. The lowest BCUT2D eigenvalue weighted by Crippen LogP contribution is -2.21. The summed E-state index contributed by atoms with van der Waals surface area (Å²) in [4.78, 5) is 0. The minimum atomic E-state index is 0.552. The van der Waals surface area contributed by atoms with E-state index in [4.69, 9.17) is 4.74 Å². The van der Waals surface area contributed by atoms with E-state index in [1.54, 1.807) is 0 Å². The number of nitrogens with one attached hydrogen (secondary N) is 1. The largest absolute Gasteiger partial charge is 0.493 e. The lowest BCUT2D eigenvalue weighted by molar-refractivity contribution is 0.352. The summed E-state index contributed by atoms with van der Waals surface area (Å²) in [6, 6.07) is 4.91. The second-order valence-electron chi connectivity index (χ2n) is 4.38. The molecule has 0 saturated carbocycles. The summed E-state index contributed by atoms with van der Waals surface area (Å²) in [5.41, 5.74) is 2.69. The van der Waals surface area contributed by atoms with Gasteiger partial charge < -0.3 is 10.1 Å². The van der Waals surface area contributed by atoms with Gasteiger partial charge in [0.1, 0.15) is 5.75 Å². The molecule has 1 aromatic rings. The minimum absolute atomic E-state index is 0.552. The quantitative estimate of drug-likeness (QED) is 0.918. The van der Waals surface area contributed by atoms with E-state index in [0.29, 0.717) is 6.04 Å². The Morgan fingerprint density at radius 2 is 2.31 bits per heavy atom. The van der Waals surface area contributed by atoms with Crippen molar-refractivity contribution in [1.29, 1.82) is 0 Å². The molecule has 1 unspecified atom stereocenters. The number of ether oxygens (including phenoxy) is 1. The number of rotatable bonds is 4. The van der Waals surface area contributed by atoms with Crippen molar-refractivity contribution in [3.63, 3.8) is 0 Å². The fraction of sp³-hybridized carbons (Fsp3) is 0.538. The number of aryl methyl sites for hydroxylation is 1. The molecule has 0 bridgehead atoms. The predicted molar refractivity (Wildman–Crippen MR) is 70.2 cm³/mol. The molecule has 1 aliphatic heterocycles. The van der Waals surface area contributed by atoms with Crippen molar-refractivity contribution in [1.82, 2.24) is 5.32 Å². The second-order valence-corrected chi connectivity index (χ2v) is 5.30. The van der Waals surface area contributed by atoms with Crippen LogP contribution >= 0.6 is 15.9 Å². The van der Waals surface area contributed by atoms with Crippen LogP contribution in [0.5, 0.6) is 5.75 Å². The highest BCUT2D eigenvalue weighted by molar-refractivity contribution is 9.10. The minimum Gasteiger partial charge on any atom is -0.493 e. The van der Waals surface area contributed by atoms with E-state index in [2.05, 4.69) is 40.3 Å². The van der Waals surface area contributed by atoms with Crippen LogP contribution in [-0.2, 0) is 12.8 Å². The number of halogens is 1. The zero-order chi connectivity index (χ0) is 11.5. The summed E-state index contributed by atoms with van der Waals surface area (Å²) in [5.74, 6) is 1.13. The van der Waals surface area contributed by atoms with Crippen LogP contribution in [0.15, 0.2) is 16.6 Å². The highest BCUT2D eigenvalue weighted by atomic mass is 79.9. The lowest BCUT2D eigenvalue weighted by Gasteiger charge is -2.12. The Balaban J connectivity index is 2.14. The van der Waals surface area contributed by atoms with Gasteiger partial charge in [-0.1, -0.05) is 15.9 Å². The lowest BCUT2D eigenvalue weighted by atomic mass is 10.0. The van der Waals surface area contributed by atoms with E-state index >= 15 is 0 Å². The van der Waals surface area contributed by atoms with Gasteiger partial charge in [0.15, 0.2) is 0 Å². The normalized spacial score (nSPS) is 15.7. The van der Waals surface area contributed by atoms with Gasteiger partial charge in [-0.3, -0.25) is 0 Å². The molecule has 0 aromatic heterocycles. The Bertz CT molecular complexity index is 378. The van der Waals surface area contributed by atoms with E-state index in [-0.39, 0.29) is 0 Å². The maximum Gasteiger partial charge on any atom is 0.125 e. The smallest absolute Gasteiger partial charge is 0.125 e. The molecule has 1 N–H and O–H groups in total. The van der Waals surface area contributed by atoms with Crippen LogP contribution in [0.2, 0.25) is 0 Å². The average Bonchev–Trinajstić information content (AvgIpc) is 2.73. The zero-order valence-electron chi connectivity index (χ0n) is 9.85. The molecule has 0 amide bonds. The van der Waals surface area contributed by atoms with Crippen molar-refractivity contribution in [2.75, 3.05) is 13.7 Å². The first kappa shape index (κ1) is 11.9. The highest BCUT2D eigenvalue weighted by Crippen LogP contribution is 2.33. The van der Waals surface area contributed by atoms with Gasteiger partial charge in [0.2, 0.25) is 0 Å². The Morgan fingerprint density at radius 1 is 1.50 bits per heavy atom.